The molecule has 0 unspecified atom stereocenters. The van der Waals surface area contributed by atoms with Gasteiger partial charge in [-0.2, -0.15) is 0 Å². The van der Waals surface area contributed by atoms with Crippen molar-refractivity contribution in [1.82, 2.24) is 5.32 Å². The third kappa shape index (κ3) is 4.69. The fourth-order valence-corrected chi connectivity index (χ4v) is 1.48. The third-order valence-electron chi connectivity index (χ3n) is 2.32. The molecule has 0 aliphatic carbocycles. The Balaban J connectivity index is 2.63. The molecule has 0 bridgehead atoms. The van der Waals surface area contributed by atoms with Crippen LogP contribution in [0.1, 0.15) is 25.3 Å². The molecule has 0 aliphatic heterocycles. The van der Waals surface area contributed by atoms with Gasteiger partial charge in [0.05, 0.1) is 13.3 Å². The van der Waals surface area contributed by atoms with Crippen molar-refractivity contribution in [2.75, 3.05) is 19.8 Å². The minimum Gasteiger partial charge on any atom is -0.490 e. The second kappa shape index (κ2) is 8.01. The van der Waals surface area contributed by atoms with Crippen molar-refractivity contribution in [1.29, 1.82) is 0 Å². The maximum atomic E-state index is 13.5. The SMILES string of the molecule is CCCNCc1cccc(F)c1OCCCF. The smallest absolute Gasteiger partial charge is 0.165 e. The van der Waals surface area contributed by atoms with Crippen molar-refractivity contribution >= 4 is 0 Å². The molecule has 0 amide bonds. The first-order chi connectivity index (χ1) is 8.29. The Hall–Kier alpha value is -1.16. The zero-order valence-corrected chi connectivity index (χ0v) is 10.1. The van der Waals surface area contributed by atoms with E-state index < -0.39 is 6.67 Å². The van der Waals surface area contributed by atoms with Gasteiger partial charge in [-0.25, -0.2) is 4.39 Å². The standard InChI is InChI=1S/C13H19F2NO/c1-2-8-16-10-11-5-3-6-12(15)13(11)17-9-4-7-14/h3,5-6,16H,2,4,7-10H2,1H3. The number of ether oxygens (including phenoxy) is 1. The lowest BCUT2D eigenvalue weighted by Gasteiger charge is -2.12. The highest BCUT2D eigenvalue weighted by atomic mass is 19.1. The average molecular weight is 243 g/mol. The molecule has 0 aliphatic rings. The molecule has 0 fully saturated rings. The molecule has 17 heavy (non-hydrogen) atoms. The molecule has 0 heterocycles. The van der Waals surface area contributed by atoms with Crippen LogP contribution in [0.4, 0.5) is 8.78 Å². The van der Waals surface area contributed by atoms with E-state index in [0.29, 0.717) is 6.54 Å². The maximum Gasteiger partial charge on any atom is 0.165 e. The van der Waals surface area contributed by atoms with Crippen LogP contribution in [0.2, 0.25) is 0 Å². The summed E-state index contributed by atoms with van der Waals surface area (Å²) in [6.45, 7) is 3.27. The van der Waals surface area contributed by atoms with Crippen molar-refractivity contribution in [3.05, 3.63) is 29.6 Å². The molecule has 0 atom stereocenters. The first-order valence-corrected chi connectivity index (χ1v) is 5.96. The quantitative estimate of drug-likeness (QED) is 0.708. The van der Waals surface area contributed by atoms with Crippen molar-refractivity contribution in [3.63, 3.8) is 0 Å². The van der Waals surface area contributed by atoms with Crippen molar-refractivity contribution in [2.45, 2.75) is 26.3 Å². The van der Waals surface area contributed by atoms with Gasteiger partial charge in [0.2, 0.25) is 0 Å². The van der Waals surface area contributed by atoms with Crippen molar-refractivity contribution < 1.29 is 13.5 Å². The average Bonchev–Trinajstić information content (AvgIpc) is 2.33. The fourth-order valence-electron chi connectivity index (χ4n) is 1.48. The molecular formula is C13H19F2NO. The van der Waals surface area contributed by atoms with Crippen LogP contribution in [-0.4, -0.2) is 19.8 Å². The van der Waals surface area contributed by atoms with E-state index in [1.807, 2.05) is 6.07 Å². The lowest BCUT2D eigenvalue weighted by Crippen LogP contribution is -2.15. The molecule has 2 nitrogen and oxygen atoms in total. The summed E-state index contributed by atoms with van der Waals surface area (Å²) in [7, 11) is 0. The lowest BCUT2D eigenvalue weighted by atomic mass is 10.2. The van der Waals surface area contributed by atoms with Crippen LogP contribution < -0.4 is 10.1 Å². The Morgan fingerprint density at radius 1 is 1.35 bits per heavy atom. The molecule has 0 aromatic heterocycles. The van der Waals surface area contributed by atoms with Crippen LogP contribution in [-0.2, 0) is 6.54 Å². The minimum atomic E-state index is -0.447. The molecule has 0 saturated heterocycles. The summed E-state index contributed by atoms with van der Waals surface area (Å²) in [4.78, 5) is 0. The highest BCUT2D eigenvalue weighted by Crippen LogP contribution is 2.22. The Bertz CT molecular complexity index is 331. The van der Waals surface area contributed by atoms with E-state index in [9.17, 15) is 8.78 Å². The van der Waals surface area contributed by atoms with E-state index in [4.69, 9.17) is 4.74 Å². The Morgan fingerprint density at radius 2 is 2.18 bits per heavy atom. The highest BCUT2D eigenvalue weighted by Gasteiger charge is 2.09. The summed E-state index contributed by atoms with van der Waals surface area (Å²) >= 11 is 0. The zero-order valence-electron chi connectivity index (χ0n) is 10.1. The molecule has 4 heteroatoms. The summed E-state index contributed by atoms with van der Waals surface area (Å²) in [6.07, 6.45) is 1.31. The first-order valence-electron chi connectivity index (χ1n) is 5.96. The number of nitrogens with one attached hydrogen (secondary N) is 1. The normalized spacial score (nSPS) is 10.5. The number of para-hydroxylation sites is 1. The van der Waals surface area contributed by atoms with E-state index in [1.54, 1.807) is 6.07 Å². The number of halogens is 2. The van der Waals surface area contributed by atoms with Gasteiger partial charge in [-0.15, -0.1) is 0 Å². The Labute approximate surface area is 101 Å². The van der Waals surface area contributed by atoms with Gasteiger partial charge in [0.25, 0.3) is 0 Å². The Kier molecular flexibility index (Phi) is 6.55. The predicted molar refractivity (Wildman–Crippen MR) is 64.5 cm³/mol. The van der Waals surface area contributed by atoms with Crippen LogP contribution in [0.25, 0.3) is 0 Å². The molecule has 96 valence electrons. The van der Waals surface area contributed by atoms with E-state index >= 15 is 0 Å². The molecular weight excluding hydrogens is 224 g/mol. The maximum absolute atomic E-state index is 13.5. The van der Waals surface area contributed by atoms with Gasteiger partial charge in [0.15, 0.2) is 11.6 Å². The van der Waals surface area contributed by atoms with Gasteiger partial charge < -0.3 is 10.1 Å². The summed E-state index contributed by atoms with van der Waals surface area (Å²) < 4.78 is 30.8. The molecule has 0 radical (unpaired) electrons. The monoisotopic (exact) mass is 243 g/mol. The lowest BCUT2D eigenvalue weighted by molar-refractivity contribution is 0.274. The molecule has 0 saturated carbocycles. The summed E-state index contributed by atoms with van der Waals surface area (Å²) in [5.74, 6) is -0.149. The number of alkyl halides is 1. The molecule has 1 aromatic rings. The van der Waals surface area contributed by atoms with E-state index in [1.165, 1.54) is 6.07 Å². The summed E-state index contributed by atoms with van der Waals surface area (Å²) in [5.41, 5.74) is 0.775. The van der Waals surface area contributed by atoms with Crippen LogP contribution in [0.5, 0.6) is 5.75 Å². The number of benzene rings is 1. The second-order valence-corrected chi connectivity index (χ2v) is 3.80. The largest absolute Gasteiger partial charge is 0.490 e. The molecule has 1 aromatic carbocycles. The topological polar surface area (TPSA) is 21.3 Å². The van der Waals surface area contributed by atoms with E-state index in [2.05, 4.69) is 12.2 Å². The predicted octanol–water partition coefficient (Wildman–Crippen LogP) is 3.06. The number of hydrogen-bond acceptors (Lipinski definition) is 2. The van der Waals surface area contributed by atoms with E-state index in [-0.39, 0.29) is 24.6 Å². The van der Waals surface area contributed by atoms with Gasteiger partial charge in [-0.05, 0) is 19.0 Å². The number of hydrogen-bond donors (Lipinski definition) is 1. The van der Waals surface area contributed by atoms with E-state index in [0.717, 1.165) is 18.5 Å². The van der Waals surface area contributed by atoms with Gasteiger partial charge in [0, 0.05) is 18.5 Å². The van der Waals surface area contributed by atoms with Gasteiger partial charge >= 0.3 is 0 Å². The van der Waals surface area contributed by atoms with Crippen molar-refractivity contribution in [3.8, 4) is 5.75 Å². The fraction of sp³-hybridized carbons (Fsp3) is 0.538. The number of rotatable bonds is 8. The minimum absolute atomic E-state index is 0.207. The molecule has 1 rings (SSSR count). The second-order valence-electron chi connectivity index (χ2n) is 3.80. The third-order valence-corrected chi connectivity index (χ3v) is 2.32. The van der Waals surface area contributed by atoms with Gasteiger partial charge in [-0.3, -0.25) is 4.39 Å². The first kappa shape index (κ1) is 13.9. The summed E-state index contributed by atoms with van der Waals surface area (Å²) in [6, 6.07) is 4.82. The zero-order chi connectivity index (χ0) is 12.5. The molecule has 0 spiro atoms. The van der Waals surface area contributed by atoms with Crippen molar-refractivity contribution in [2.24, 2.45) is 0 Å². The van der Waals surface area contributed by atoms with Crippen LogP contribution in [0, 0.1) is 5.82 Å². The molecule has 1 N–H and O–H groups in total. The van der Waals surface area contributed by atoms with Crippen LogP contribution >= 0.6 is 0 Å². The Morgan fingerprint density at radius 3 is 2.88 bits per heavy atom. The van der Waals surface area contributed by atoms with Gasteiger partial charge in [-0.1, -0.05) is 19.1 Å². The summed E-state index contributed by atoms with van der Waals surface area (Å²) in [5, 5.41) is 3.19. The highest BCUT2D eigenvalue weighted by molar-refractivity contribution is 5.34. The van der Waals surface area contributed by atoms with Gasteiger partial charge in [0.1, 0.15) is 0 Å². The van der Waals surface area contributed by atoms with Crippen LogP contribution in [0.3, 0.4) is 0 Å². The van der Waals surface area contributed by atoms with Crippen LogP contribution in [0.15, 0.2) is 18.2 Å².